The lowest BCUT2D eigenvalue weighted by Crippen LogP contribution is -2.26. The van der Waals surface area contributed by atoms with Gasteiger partial charge in [0.2, 0.25) is 0 Å². The van der Waals surface area contributed by atoms with E-state index in [2.05, 4.69) is 9.97 Å². The lowest BCUT2D eigenvalue weighted by atomic mass is 10.1. The summed E-state index contributed by atoms with van der Waals surface area (Å²) in [6, 6.07) is 8.30. The zero-order chi connectivity index (χ0) is 15.5. The van der Waals surface area contributed by atoms with Gasteiger partial charge in [-0.25, -0.2) is 9.37 Å². The van der Waals surface area contributed by atoms with Gasteiger partial charge in [0.1, 0.15) is 17.7 Å². The summed E-state index contributed by atoms with van der Waals surface area (Å²) in [5.41, 5.74) is 0.0210. The normalized spacial score (nSPS) is 14.1. The van der Waals surface area contributed by atoms with Gasteiger partial charge in [0, 0.05) is 19.5 Å². The monoisotopic (exact) mass is 298 g/mol. The molecule has 1 aromatic heterocycles. The Morgan fingerprint density at radius 3 is 2.73 bits per heavy atom. The fourth-order valence-electron chi connectivity index (χ4n) is 2.67. The van der Waals surface area contributed by atoms with Gasteiger partial charge in [-0.3, -0.25) is 4.79 Å². The van der Waals surface area contributed by atoms with Gasteiger partial charge in [-0.2, -0.15) is 5.26 Å². The molecule has 5 nitrogen and oxygen atoms in total. The molecule has 6 heteroatoms. The Morgan fingerprint density at radius 1 is 1.32 bits per heavy atom. The maximum atomic E-state index is 13.7. The van der Waals surface area contributed by atoms with Crippen LogP contribution in [0.15, 0.2) is 29.1 Å². The molecule has 1 saturated heterocycles. The minimum absolute atomic E-state index is 0.0270. The summed E-state index contributed by atoms with van der Waals surface area (Å²) in [6.07, 6.45) is 2.22. The van der Waals surface area contributed by atoms with E-state index >= 15 is 0 Å². The molecule has 1 fully saturated rings. The maximum Gasteiger partial charge on any atom is 0.271 e. The van der Waals surface area contributed by atoms with Gasteiger partial charge in [-0.15, -0.1) is 0 Å². The van der Waals surface area contributed by atoms with Crippen LogP contribution in [0.25, 0.3) is 0 Å². The van der Waals surface area contributed by atoms with Crippen molar-refractivity contribution in [2.24, 2.45) is 0 Å². The molecule has 3 rings (SSSR count). The van der Waals surface area contributed by atoms with Crippen molar-refractivity contribution in [1.29, 1.82) is 5.26 Å². The van der Waals surface area contributed by atoms with E-state index in [4.69, 9.17) is 0 Å². The highest BCUT2D eigenvalue weighted by atomic mass is 19.1. The topological polar surface area (TPSA) is 72.8 Å². The SMILES string of the molecule is N#Cc1c(N2CCCC2)nc(Cc2ccccc2F)[nH]c1=O. The smallest absolute Gasteiger partial charge is 0.271 e. The molecular weight excluding hydrogens is 283 g/mol. The van der Waals surface area contributed by atoms with Crippen molar-refractivity contribution in [3.63, 3.8) is 0 Å². The molecule has 1 N–H and O–H groups in total. The molecule has 0 unspecified atom stereocenters. The van der Waals surface area contributed by atoms with E-state index in [0.717, 1.165) is 25.9 Å². The zero-order valence-corrected chi connectivity index (χ0v) is 12.0. The lowest BCUT2D eigenvalue weighted by molar-refractivity contribution is 0.612. The number of aromatic amines is 1. The Hall–Kier alpha value is -2.68. The zero-order valence-electron chi connectivity index (χ0n) is 12.0. The van der Waals surface area contributed by atoms with Gasteiger partial charge in [-0.1, -0.05) is 18.2 Å². The molecule has 0 aliphatic carbocycles. The lowest BCUT2D eigenvalue weighted by Gasteiger charge is -2.18. The highest BCUT2D eigenvalue weighted by molar-refractivity contribution is 5.53. The van der Waals surface area contributed by atoms with Gasteiger partial charge in [0.05, 0.1) is 0 Å². The van der Waals surface area contributed by atoms with E-state index in [1.54, 1.807) is 18.2 Å². The number of hydrogen-bond acceptors (Lipinski definition) is 4. The van der Waals surface area contributed by atoms with Gasteiger partial charge >= 0.3 is 0 Å². The van der Waals surface area contributed by atoms with Crippen LogP contribution in [0, 0.1) is 17.1 Å². The van der Waals surface area contributed by atoms with E-state index in [9.17, 15) is 14.4 Å². The Morgan fingerprint density at radius 2 is 2.05 bits per heavy atom. The third-order valence-corrected chi connectivity index (χ3v) is 3.78. The predicted molar refractivity (Wildman–Crippen MR) is 80.2 cm³/mol. The average molecular weight is 298 g/mol. The summed E-state index contributed by atoms with van der Waals surface area (Å²) in [5, 5.41) is 9.19. The molecule has 1 aliphatic heterocycles. The number of benzene rings is 1. The first-order chi connectivity index (χ1) is 10.7. The Balaban J connectivity index is 2.01. The maximum absolute atomic E-state index is 13.7. The van der Waals surface area contributed by atoms with E-state index in [1.807, 2.05) is 11.0 Å². The second-order valence-electron chi connectivity index (χ2n) is 5.29. The number of halogens is 1. The van der Waals surface area contributed by atoms with Crippen molar-refractivity contribution in [1.82, 2.24) is 9.97 Å². The quantitative estimate of drug-likeness (QED) is 0.940. The van der Waals surface area contributed by atoms with Crippen LogP contribution < -0.4 is 10.5 Å². The first-order valence-electron chi connectivity index (χ1n) is 7.20. The summed E-state index contributed by atoms with van der Waals surface area (Å²) >= 11 is 0. The van der Waals surface area contributed by atoms with E-state index in [-0.39, 0.29) is 17.8 Å². The van der Waals surface area contributed by atoms with Crippen molar-refractivity contribution < 1.29 is 4.39 Å². The van der Waals surface area contributed by atoms with Crippen LogP contribution in [-0.4, -0.2) is 23.1 Å². The number of anilines is 1. The highest BCUT2D eigenvalue weighted by Crippen LogP contribution is 2.20. The van der Waals surface area contributed by atoms with Crippen molar-refractivity contribution in [3.05, 3.63) is 57.4 Å². The fraction of sp³-hybridized carbons (Fsp3) is 0.312. The second-order valence-corrected chi connectivity index (χ2v) is 5.29. The first kappa shape index (κ1) is 14.3. The molecule has 2 aromatic rings. The molecule has 0 atom stereocenters. The van der Waals surface area contributed by atoms with Crippen LogP contribution in [-0.2, 0) is 6.42 Å². The predicted octanol–water partition coefficient (Wildman–Crippen LogP) is 1.97. The van der Waals surface area contributed by atoms with E-state index in [1.165, 1.54) is 6.07 Å². The Labute approximate surface area is 127 Å². The number of H-pyrrole nitrogens is 1. The molecule has 0 radical (unpaired) electrons. The molecule has 22 heavy (non-hydrogen) atoms. The number of nitrogens with one attached hydrogen (secondary N) is 1. The standard InChI is InChI=1S/C16H15FN4O/c17-13-6-2-1-5-11(13)9-14-19-15(21-7-3-4-8-21)12(10-18)16(22)20-14/h1-2,5-6H,3-4,7-9H2,(H,19,20,22). The molecule has 1 aromatic carbocycles. The minimum atomic E-state index is -0.467. The van der Waals surface area contributed by atoms with Crippen LogP contribution >= 0.6 is 0 Å². The van der Waals surface area contributed by atoms with Crippen molar-refractivity contribution >= 4 is 5.82 Å². The highest BCUT2D eigenvalue weighted by Gasteiger charge is 2.21. The molecule has 0 bridgehead atoms. The molecule has 2 heterocycles. The number of rotatable bonds is 3. The van der Waals surface area contributed by atoms with Crippen LogP contribution in [0.2, 0.25) is 0 Å². The Bertz CT molecular complexity index is 787. The van der Waals surface area contributed by atoms with Crippen LogP contribution in [0.3, 0.4) is 0 Å². The van der Waals surface area contributed by atoms with Crippen LogP contribution in [0.5, 0.6) is 0 Å². The summed E-state index contributed by atoms with van der Waals surface area (Å²) in [6.45, 7) is 1.56. The Kier molecular flexibility index (Phi) is 3.88. The summed E-state index contributed by atoms with van der Waals surface area (Å²) in [5.74, 6) is 0.448. The summed E-state index contributed by atoms with van der Waals surface area (Å²) < 4.78 is 13.7. The molecule has 0 amide bonds. The molecule has 0 spiro atoms. The first-order valence-corrected chi connectivity index (χ1v) is 7.20. The second kappa shape index (κ2) is 5.98. The molecular formula is C16H15FN4O. The van der Waals surface area contributed by atoms with Gasteiger partial charge in [-0.05, 0) is 24.5 Å². The fourth-order valence-corrected chi connectivity index (χ4v) is 2.67. The van der Waals surface area contributed by atoms with Gasteiger partial charge in [0.25, 0.3) is 5.56 Å². The largest absolute Gasteiger partial charge is 0.355 e. The van der Waals surface area contributed by atoms with Crippen molar-refractivity contribution in [2.45, 2.75) is 19.3 Å². The minimum Gasteiger partial charge on any atom is -0.355 e. The number of nitriles is 1. The average Bonchev–Trinajstić information content (AvgIpc) is 3.03. The molecule has 112 valence electrons. The van der Waals surface area contributed by atoms with E-state index in [0.29, 0.717) is 17.2 Å². The van der Waals surface area contributed by atoms with Crippen molar-refractivity contribution in [3.8, 4) is 6.07 Å². The van der Waals surface area contributed by atoms with Crippen LogP contribution in [0.1, 0.15) is 29.8 Å². The van der Waals surface area contributed by atoms with Crippen LogP contribution in [0.4, 0.5) is 10.2 Å². The summed E-state index contributed by atoms with van der Waals surface area (Å²) in [7, 11) is 0. The van der Waals surface area contributed by atoms with Gasteiger partial charge in [0.15, 0.2) is 11.4 Å². The summed E-state index contributed by atoms with van der Waals surface area (Å²) in [4.78, 5) is 21.0. The third kappa shape index (κ3) is 2.70. The van der Waals surface area contributed by atoms with Crippen molar-refractivity contribution in [2.75, 3.05) is 18.0 Å². The number of nitrogens with zero attached hydrogens (tertiary/aromatic N) is 3. The molecule has 0 saturated carbocycles. The molecule has 1 aliphatic rings. The van der Waals surface area contributed by atoms with E-state index < -0.39 is 5.56 Å². The number of aromatic nitrogens is 2. The number of hydrogen-bond donors (Lipinski definition) is 1. The third-order valence-electron chi connectivity index (χ3n) is 3.78. The van der Waals surface area contributed by atoms with Gasteiger partial charge < -0.3 is 9.88 Å².